The minimum Gasteiger partial charge on any atom is -0.418 e. The van der Waals surface area contributed by atoms with Crippen molar-refractivity contribution in [3.63, 3.8) is 0 Å². The number of benzene rings is 2. The van der Waals surface area contributed by atoms with Crippen LogP contribution in [0.15, 0.2) is 61.7 Å². The number of fused-ring (bicyclic) bond motifs is 1. The number of aromatic nitrogens is 1. The average molecular weight is 403 g/mol. The second-order valence-electron chi connectivity index (χ2n) is 5.57. The van der Waals surface area contributed by atoms with E-state index >= 15 is 0 Å². The third-order valence-corrected chi connectivity index (χ3v) is 5.09. The standard InChI is InChI=1S/C17H11ClN4O4S/c18-11-2-4-12(5-3-11)27-15-6-1-10(7-14(15)22(24)25)16-20-13-8-19-9-21(23)17(13)26-16/h1-7,9,23H,8H2. The number of anilines is 1. The van der Waals surface area contributed by atoms with Crippen LogP contribution in [0.4, 0.5) is 11.6 Å². The molecule has 0 saturated carbocycles. The summed E-state index contributed by atoms with van der Waals surface area (Å²) in [7, 11) is 0. The van der Waals surface area contributed by atoms with E-state index in [4.69, 9.17) is 16.0 Å². The Bertz CT molecular complexity index is 1050. The van der Waals surface area contributed by atoms with Gasteiger partial charge in [-0.05, 0) is 36.4 Å². The zero-order chi connectivity index (χ0) is 19.0. The van der Waals surface area contributed by atoms with Gasteiger partial charge in [-0.25, -0.2) is 4.98 Å². The van der Waals surface area contributed by atoms with Gasteiger partial charge in [-0.3, -0.25) is 20.3 Å². The Balaban J connectivity index is 1.69. The number of aliphatic imine (C=N–C) groups is 1. The van der Waals surface area contributed by atoms with Crippen LogP contribution >= 0.6 is 23.4 Å². The largest absolute Gasteiger partial charge is 0.418 e. The zero-order valence-electron chi connectivity index (χ0n) is 13.6. The van der Waals surface area contributed by atoms with E-state index in [1.165, 1.54) is 24.2 Å². The lowest BCUT2D eigenvalue weighted by atomic mass is 10.2. The SMILES string of the molecule is O=[N+]([O-])c1cc(-c2nc3c(o2)N(O)C=NC3)ccc1Sc1ccc(Cl)cc1. The molecule has 0 amide bonds. The maximum Gasteiger partial charge on any atom is 0.284 e. The predicted octanol–water partition coefficient (Wildman–Crippen LogP) is 4.79. The minimum atomic E-state index is -0.452. The Morgan fingerprint density at radius 1 is 1.26 bits per heavy atom. The molecule has 2 heterocycles. The average Bonchev–Trinajstić information content (AvgIpc) is 3.09. The number of hydrogen-bond acceptors (Lipinski definition) is 8. The summed E-state index contributed by atoms with van der Waals surface area (Å²) in [5.41, 5.74) is 0.822. The fourth-order valence-corrected chi connectivity index (χ4v) is 3.54. The van der Waals surface area contributed by atoms with Crippen molar-refractivity contribution in [2.75, 3.05) is 5.06 Å². The van der Waals surface area contributed by atoms with Crippen molar-refractivity contribution in [1.29, 1.82) is 0 Å². The highest BCUT2D eigenvalue weighted by Gasteiger charge is 2.23. The van der Waals surface area contributed by atoms with E-state index in [-0.39, 0.29) is 24.0 Å². The van der Waals surface area contributed by atoms with Crippen LogP contribution in [-0.4, -0.2) is 21.5 Å². The first kappa shape index (κ1) is 17.5. The number of nitro benzene ring substituents is 1. The van der Waals surface area contributed by atoms with Crippen LogP contribution in [0.5, 0.6) is 0 Å². The van der Waals surface area contributed by atoms with Crippen molar-refractivity contribution in [3.05, 3.63) is 63.3 Å². The van der Waals surface area contributed by atoms with E-state index in [0.717, 1.165) is 9.96 Å². The van der Waals surface area contributed by atoms with Gasteiger partial charge in [-0.1, -0.05) is 23.4 Å². The van der Waals surface area contributed by atoms with Crippen LogP contribution in [0, 0.1) is 10.1 Å². The third kappa shape index (κ3) is 3.52. The predicted molar refractivity (Wildman–Crippen MR) is 101 cm³/mol. The van der Waals surface area contributed by atoms with Gasteiger partial charge in [0.25, 0.3) is 11.6 Å². The Labute approximate surface area is 162 Å². The molecule has 136 valence electrons. The van der Waals surface area contributed by atoms with Gasteiger partial charge in [-0.15, -0.1) is 0 Å². The number of hydroxylamine groups is 1. The first-order valence-electron chi connectivity index (χ1n) is 7.71. The lowest BCUT2D eigenvalue weighted by Crippen LogP contribution is -2.19. The molecule has 10 heteroatoms. The molecular weight excluding hydrogens is 392 g/mol. The molecule has 2 aromatic carbocycles. The third-order valence-electron chi connectivity index (χ3n) is 3.76. The highest BCUT2D eigenvalue weighted by molar-refractivity contribution is 7.99. The highest BCUT2D eigenvalue weighted by atomic mass is 35.5. The summed E-state index contributed by atoms with van der Waals surface area (Å²) in [6.07, 6.45) is 1.21. The molecule has 8 nitrogen and oxygen atoms in total. The minimum absolute atomic E-state index is 0.0688. The Kier molecular flexibility index (Phi) is 4.56. The van der Waals surface area contributed by atoms with Crippen molar-refractivity contribution in [2.45, 2.75) is 16.3 Å². The highest BCUT2D eigenvalue weighted by Crippen LogP contribution is 2.38. The zero-order valence-corrected chi connectivity index (χ0v) is 15.1. The van der Waals surface area contributed by atoms with Gasteiger partial charge < -0.3 is 4.42 Å². The van der Waals surface area contributed by atoms with E-state index in [1.54, 1.807) is 36.4 Å². The van der Waals surface area contributed by atoms with E-state index in [2.05, 4.69) is 9.98 Å². The van der Waals surface area contributed by atoms with Gasteiger partial charge in [0.15, 0.2) is 0 Å². The number of nitrogens with zero attached hydrogens (tertiary/aromatic N) is 4. The lowest BCUT2D eigenvalue weighted by Gasteiger charge is -2.11. The molecule has 4 rings (SSSR count). The molecule has 1 aliphatic heterocycles. The second-order valence-corrected chi connectivity index (χ2v) is 7.12. The number of rotatable bonds is 4. The van der Waals surface area contributed by atoms with E-state index < -0.39 is 4.92 Å². The van der Waals surface area contributed by atoms with Crippen molar-refractivity contribution in [2.24, 2.45) is 4.99 Å². The summed E-state index contributed by atoms with van der Waals surface area (Å²) in [6.45, 7) is 0.266. The van der Waals surface area contributed by atoms with Gasteiger partial charge in [0.05, 0.1) is 16.4 Å². The lowest BCUT2D eigenvalue weighted by molar-refractivity contribution is -0.387. The first-order valence-corrected chi connectivity index (χ1v) is 8.91. The summed E-state index contributed by atoms with van der Waals surface area (Å²) in [4.78, 5) is 20.6. The van der Waals surface area contributed by atoms with Crippen molar-refractivity contribution >= 4 is 41.3 Å². The fraction of sp³-hybridized carbons (Fsp3) is 0.0588. The van der Waals surface area contributed by atoms with E-state index in [1.807, 2.05) is 0 Å². The Morgan fingerprint density at radius 2 is 2.04 bits per heavy atom. The molecule has 0 radical (unpaired) electrons. The van der Waals surface area contributed by atoms with Crippen LogP contribution in [0.2, 0.25) is 5.02 Å². The van der Waals surface area contributed by atoms with Gasteiger partial charge in [0, 0.05) is 21.5 Å². The fourth-order valence-electron chi connectivity index (χ4n) is 2.52. The van der Waals surface area contributed by atoms with Crippen LogP contribution in [0.25, 0.3) is 11.5 Å². The van der Waals surface area contributed by atoms with Gasteiger partial charge in [0.2, 0.25) is 5.89 Å². The summed E-state index contributed by atoms with van der Waals surface area (Å²) < 4.78 is 5.54. The molecule has 0 fully saturated rings. The van der Waals surface area contributed by atoms with Gasteiger partial charge in [0.1, 0.15) is 12.0 Å². The smallest absolute Gasteiger partial charge is 0.284 e. The van der Waals surface area contributed by atoms with E-state index in [9.17, 15) is 15.3 Å². The molecule has 1 N–H and O–H groups in total. The molecule has 0 atom stereocenters. The Morgan fingerprint density at radius 3 is 2.74 bits per heavy atom. The number of nitro groups is 1. The molecular formula is C17H11ClN4O4S. The normalized spacial score (nSPS) is 12.9. The molecule has 0 unspecified atom stereocenters. The summed E-state index contributed by atoms with van der Waals surface area (Å²) in [6, 6.07) is 11.8. The monoisotopic (exact) mass is 402 g/mol. The Hall–Kier alpha value is -2.88. The van der Waals surface area contributed by atoms with Gasteiger partial charge in [-0.2, -0.15) is 5.06 Å². The van der Waals surface area contributed by atoms with E-state index in [0.29, 0.717) is 21.2 Å². The molecule has 0 saturated heterocycles. The maximum atomic E-state index is 11.5. The summed E-state index contributed by atoms with van der Waals surface area (Å²) in [5.74, 6) is 0.331. The summed E-state index contributed by atoms with van der Waals surface area (Å²) in [5, 5.41) is 22.6. The quantitative estimate of drug-likeness (QED) is 0.494. The van der Waals surface area contributed by atoms with Crippen LogP contribution in [0.3, 0.4) is 0 Å². The number of halogens is 1. The van der Waals surface area contributed by atoms with Crippen LogP contribution in [0.1, 0.15) is 5.69 Å². The van der Waals surface area contributed by atoms with Gasteiger partial charge >= 0.3 is 0 Å². The van der Waals surface area contributed by atoms with Crippen molar-refractivity contribution in [3.8, 4) is 11.5 Å². The molecule has 3 aromatic rings. The van der Waals surface area contributed by atoms with Crippen molar-refractivity contribution in [1.82, 2.24) is 4.98 Å². The second kappa shape index (κ2) is 7.03. The molecule has 1 aromatic heterocycles. The topological polar surface area (TPSA) is 105 Å². The molecule has 0 spiro atoms. The molecule has 0 bridgehead atoms. The first-order chi connectivity index (χ1) is 13.0. The number of hydrogen-bond donors (Lipinski definition) is 1. The van der Waals surface area contributed by atoms with Crippen LogP contribution < -0.4 is 5.06 Å². The van der Waals surface area contributed by atoms with Crippen molar-refractivity contribution < 1.29 is 14.5 Å². The molecule has 0 aliphatic carbocycles. The summed E-state index contributed by atoms with van der Waals surface area (Å²) >= 11 is 7.14. The number of oxazole rings is 1. The molecule has 1 aliphatic rings. The molecule has 27 heavy (non-hydrogen) atoms. The van der Waals surface area contributed by atoms with Crippen LogP contribution in [-0.2, 0) is 6.54 Å². The maximum absolute atomic E-state index is 11.5.